The predicted molar refractivity (Wildman–Crippen MR) is 141 cm³/mol. The van der Waals surface area contributed by atoms with Crippen LogP contribution in [0.25, 0.3) is 44.7 Å². The molecule has 0 saturated heterocycles. The van der Waals surface area contributed by atoms with Crippen LogP contribution in [0.15, 0.2) is 83.1 Å². The van der Waals surface area contributed by atoms with Gasteiger partial charge in [0.1, 0.15) is 5.82 Å². The standard InChI is InChI=1S/C28H26N8/c29-34-27(35-30)19-12-14-26-24(15-19)33-28(36(26)21-9-5-2-6-10-21)20-11-13-22-23(16-20)32-25(17-31-22)18-7-3-1-4-8-18/h1,3-4,7-8,11-17,21,29H,2,5-6,9-10,30H2/p+1/b34-29?,35-27-. The largest absolute Gasteiger partial charge is 0.321 e. The van der Waals surface area contributed by atoms with Crippen molar-refractivity contribution >= 4 is 27.9 Å². The molecule has 2 heterocycles. The topological polar surface area (TPSA) is 120 Å². The minimum absolute atomic E-state index is 0.292. The number of hydrogen-bond acceptors (Lipinski definition) is 5. The first kappa shape index (κ1) is 22.0. The molecule has 3 aromatic carbocycles. The third kappa shape index (κ3) is 3.90. The van der Waals surface area contributed by atoms with E-state index in [0.29, 0.717) is 11.9 Å². The van der Waals surface area contributed by atoms with Crippen LogP contribution in [0.4, 0.5) is 0 Å². The van der Waals surface area contributed by atoms with Crippen molar-refractivity contribution in [1.82, 2.24) is 19.5 Å². The Bertz CT molecular complexity index is 1600. The van der Waals surface area contributed by atoms with Gasteiger partial charge in [0.2, 0.25) is 5.84 Å². The fraction of sp³-hybridized carbons (Fsp3) is 0.214. The van der Waals surface area contributed by atoms with Crippen molar-refractivity contribution in [2.45, 2.75) is 38.1 Å². The number of imidazole rings is 1. The second-order valence-corrected chi connectivity index (χ2v) is 9.21. The van der Waals surface area contributed by atoms with Crippen molar-refractivity contribution < 1.29 is 5.53 Å². The van der Waals surface area contributed by atoms with Gasteiger partial charge in [-0.3, -0.25) is 4.98 Å². The average molecular weight is 476 g/mol. The molecule has 36 heavy (non-hydrogen) atoms. The maximum Gasteiger partial charge on any atom is 0.244 e. The molecular weight excluding hydrogens is 448 g/mol. The number of fused-ring (bicyclic) bond motifs is 2. The number of hydrazone groups is 1. The highest BCUT2D eigenvalue weighted by molar-refractivity contribution is 6.01. The molecule has 5 aromatic rings. The first-order valence-electron chi connectivity index (χ1n) is 12.3. The molecule has 0 amide bonds. The molecule has 8 heteroatoms. The minimum Gasteiger partial charge on any atom is -0.321 e. The third-order valence-corrected chi connectivity index (χ3v) is 7.00. The number of aromatic nitrogens is 4. The number of nitrogens with zero attached hydrogens (tertiary/aromatic N) is 6. The van der Waals surface area contributed by atoms with Crippen LogP contribution in [-0.4, -0.2) is 25.4 Å². The summed E-state index contributed by atoms with van der Waals surface area (Å²) in [7, 11) is 0. The predicted octanol–water partition coefficient (Wildman–Crippen LogP) is 4.65. The van der Waals surface area contributed by atoms with Crippen molar-refractivity contribution in [2.24, 2.45) is 16.1 Å². The van der Waals surface area contributed by atoms with Gasteiger partial charge in [-0.15, -0.1) is 0 Å². The van der Waals surface area contributed by atoms with E-state index in [9.17, 15) is 0 Å². The van der Waals surface area contributed by atoms with Gasteiger partial charge in [0.25, 0.3) is 0 Å². The summed E-state index contributed by atoms with van der Waals surface area (Å²) in [5, 5.41) is 7.41. The van der Waals surface area contributed by atoms with Crippen LogP contribution in [0.3, 0.4) is 0 Å². The third-order valence-electron chi connectivity index (χ3n) is 7.00. The van der Waals surface area contributed by atoms with Crippen LogP contribution in [0.5, 0.6) is 0 Å². The monoisotopic (exact) mass is 475 g/mol. The number of nitrogens with two attached hydrogens (primary N) is 2. The first-order valence-corrected chi connectivity index (χ1v) is 12.3. The molecule has 0 bridgehead atoms. The van der Waals surface area contributed by atoms with Crippen LogP contribution in [-0.2, 0) is 0 Å². The number of amidine groups is 1. The Labute approximate surface area is 208 Å². The second kappa shape index (κ2) is 9.30. The Hall–Kier alpha value is -4.46. The van der Waals surface area contributed by atoms with Gasteiger partial charge in [-0.25, -0.2) is 9.97 Å². The average Bonchev–Trinajstić information content (AvgIpc) is 3.33. The molecule has 0 aliphatic heterocycles. The minimum atomic E-state index is 0.292. The smallest absolute Gasteiger partial charge is 0.244 e. The van der Waals surface area contributed by atoms with Crippen LogP contribution in [0.1, 0.15) is 43.7 Å². The molecule has 1 aliphatic carbocycles. The summed E-state index contributed by atoms with van der Waals surface area (Å²) in [5.41, 5.74) is 12.8. The van der Waals surface area contributed by atoms with Gasteiger partial charge in [-0.05, 0) is 49.2 Å². The van der Waals surface area contributed by atoms with E-state index >= 15 is 0 Å². The van der Waals surface area contributed by atoms with Gasteiger partial charge < -0.3 is 10.4 Å². The summed E-state index contributed by atoms with van der Waals surface area (Å²) in [5.74, 6) is 6.71. The Balaban J connectivity index is 1.52. The van der Waals surface area contributed by atoms with Gasteiger partial charge in [-0.2, -0.15) is 10.6 Å². The fourth-order valence-electron chi connectivity index (χ4n) is 5.23. The molecule has 2 aromatic heterocycles. The fourth-order valence-corrected chi connectivity index (χ4v) is 5.23. The highest BCUT2D eigenvalue weighted by Gasteiger charge is 2.23. The lowest BCUT2D eigenvalue weighted by atomic mass is 9.94. The lowest BCUT2D eigenvalue weighted by Crippen LogP contribution is -2.27. The van der Waals surface area contributed by atoms with E-state index < -0.39 is 0 Å². The first-order chi connectivity index (χ1) is 17.7. The maximum absolute atomic E-state index is 5.49. The van der Waals surface area contributed by atoms with Crippen molar-refractivity contribution in [3.63, 3.8) is 0 Å². The van der Waals surface area contributed by atoms with E-state index in [-0.39, 0.29) is 0 Å². The summed E-state index contributed by atoms with van der Waals surface area (Å²) in [6.45, 7) is 0. The van der Waals surface area contributed by atoms with E-state index in [4.69, 9.17) is 21.3 Å². The van der Waals surface area contributed by atoms with E-state index in [1.165, 1.54) is 19.3 Å². The molecule has 4 N–H and O–H groups in total. The lowest BCUT2D eigenvalue weighted by Gasteiger charge is -2.25. The molecule has 1 aliphatic rings. The zero-order valence-electron chi connectivity index (χ0n) is 19.9. The van der Waals surface area contributed by atoms with Gasteiger partial charge in [-0.1, -0.05) is 49.6 Å². The van der Waals surface area contributed by atoms with Gasteiger partial charge in [0, 0.05) is 27.8 Å². The second-order valence-electron chi connectivity index (χ2n) is 9.21. The van der Waals surface area contributed by atoms with Gasteiger partial charge >= 0.3 is 0 Å². The van der Waals surface area contributed by atoms with Crippen LogP contribution in [0, 0.1) is 0 Å². The summed E-state index contributed by atoms with van der Waals surface area (Å²) in [6, 6.07) is 22.7. The molecule has 0 radical (unpaired) electrons. The molecule has 0 spiro atoms. The van der Waals surface area contributed by atoms with E-state index in [1.54, 1.807) is 0 Å². The van der Waals surface area contributed by atoms with Crippen LogP contribution >= 0.6 is 0 Å². The van der Waals surface area contributed by atoms with Crippen molar-refractivity contribution in [1.29, 1.82) is 0 Å². The van der Waals surface area contributed by atoms with E-state index in [1.807, 2.05) is 54.7 Å². The summed E-state index contributed by atoms with van der Waals surface area (Å²) < 4.78 is 2.40. The molecule has 8 nitrogen and oxygen atoms in total. The zero-order chi connectivity index (χ0) is 24.5. The summed E-state index contributed by atoms with van der Waals surface area (Å²) in [4.78, 5) is 14.7. The molecule has 1 saturated carbocycles. The maximum atomic E-state index is 5.49. The van der Waals surface area contributed by atoms with Crippen LogP contribution < -0.4 is 11.4 Å². The summed E-state index contributed by atoms with van der Waals surface area (Å²) >= 11 is 0. The van der Waals surface area contributed by atoms with Crippen LogP contribution in [0.2, 0.25) is 0 Å². The molecule has 0 unspecified atom stereocenters. The molecular formula is C28H27N8+. The normalized spacial score (nSPS) is 14.9. The molecule has 178 valence electrons. The Kier molecular flexibility index (Phi) is 5.69. The number of hydrogen-bond donors (Lipinski definition) is 2. The van der Waals surface area contributed by atoms with Crippen molar-refractivity contribution in [3.05, 3.63) is 78.5 Å². The van der Waals surface area contributed by atoms with E-state index in [2.05, 4.69) is 38.0 Å². The Morgan fingerprint density at radius 3 is 2.47 bits per heavy atom. The number of benzene rings is 3. The Morgan fingerprint density at radius 2 is 1.69 bits per heavy atom. The molecule has 1 fully saturated rings. The van der Waals surface area contributed by atoms with Gasteiger partial charge in [0.15, 0.2) is 0 Å². The quantitative estimate of drug-likeness (QED) is 0.129. The van der Waals surface area contributed by atoms with Crippen molar-refractivity contribution in [3.8, 4) is 22.6 Å². The zero-order valence-corrected chi connectivity index (χ0v) is 19.9. The van der Waals surface area contributed by atoms with Crippen molar-refractivity contribution in [2.75, 3.05) is 0 Å². The Morgan fingerprint density at radius 1 is 0.861 bits per heavy atom. The SMILES string of the molecule is N/N=C(\N=[NH2+])c1ccc2c(c1)nc(-c1ccc3ncc(-c4ccccc4)nc3c1)n2C1CCCCC1. The lowest BCUT2D eigenvalue weighted by molar-refractivity contribution is -0.206. The molecule has 0 atom stereocenters. The highest BCUT2D eigenvalue weighted by atomic mass is 15.2. The van der Waals surface area contributed by atoms with E-state index in [0.717, 1.165) is 63.1 Å². The highest BCUT2D eigenvalue weighted by Crippen LogP contribution is 2.37. The van der Waals surface area contributed by atoms with Gasteiger partial charge in [0.05, 0.1) is 34.0 Å². The molecule has 6 rings (SSSR count). The number of rotatable bonds is 4. The summed E-state index contributed by atoms with van der Waals surface area (Å²) in [6.07, 6.45) is 7.84.